The molecule has 38 heavy (non-hydrogen) atoms. The number of esters is 1. The number of thiazole rings is 1. The number of carbonyl (C=O) groups is 1. The van der Waals surface area contributed by atoms with Crippen molar-refractivity contribution < 1.29 is 9.53 Å². The number of carbonyl (C=O) groups excluding carboxylic acids is 1. The van der Waals surface area contributed by atoms with Gasteiger partial charge in [0.15, 0.2) is 4.80 Å². The van der Waals surface area contributed by atoms with Gasteiger partial charge >= 0.3 is 5.97 Å². The Bertz CT molecular complexity index is 1670. The molecule has 0 bridgehead atoms. The number of nitrogens with zero attached hydrogens (tertiary/aromatic N) is 2. The summed E-state index contributed by atoms with van der Waals surface area (Å²) in [7, 11) is 0. The predicted octanol–water partition coefficient (Wildman–Crippen LogP) is 5.42. The Morgan fingerprint density at radius 2 is 1.61 bits per heavy atom. The predicted molar refractivity (Wildman–Crippen MR) is 156 cm³/mol. The lowest BCUT2D eigenvalue weighted by atomic mass is 9.96. The highest BCUT2D eigenvalue weighted by molar-refractivity contribution is 7.98. The molecule has 2 heterocycles. The second kappa shape index (κ2) is 11.6. The third kappa shape index (κ3) is 5.43. The summed E-state index contributed by atoms with van der Waals surface area (Å²) < 4.78 is 7.93. The van der Waals surface area contributed by atoms with E-state index in [1.54, 1.807) is 35.0 Å². The Kier molecular flexibility index (Phi) is 8.02. The van der Waals surface area contributed by atoms with Crippen molar-refractivity contribution in [3.05, 3.63) is 127 Å². The van der Waals surface area contributed by atoms with Gasteiger partial charge in [-0.05, 0) is 66.5 Å². The summed E-state index contributed by atoms with van der Waals surface area (Å²) in [6.45, 7) is 1.95. The van der Waals surface area contributed by atoms with Crippen LogP contribution in [0.2, 0.25) is 0 Å². The van der Waals surface area contributed by atoms with Crippen molar-refractivity contribution in [2.45, 2.75) is 29.4 Å². The highest BCUT2D eigenvalue weighted by atomic mass is 32.2. The van der Waals surface area contributed by atoms with Crippen LogP contribution in [0.4, 0.5) is 0 Å². The van der Waals surface area contributed by atoms with Crippen LogP contribution in [-0.4, -0.2) is 23.0 Å². The summed E-state index contributed by atoms with van der Waals surface area (Å²) in [5.41, 5.74) is 3.42. The molecule has 0 saturated heterocycles. The van der Waals surface area contributed by atoms with Crippen LogP contribution >= 0.6 is 34.9 Å². The van der Waals surface area contributed by atoms with Crippen molar-refractivity contribution in [3.8, 4) is 0 Å². The molecule has 5 rings (SSSR count). The Hall–Kier alpha value is -3.33. The zero-order chi connectivity index (χ0) is 26.6. The van der Waals surface area contributed by atoms with E-state index in [1.807, 2.05) is 97.5 Å². The zero-order valence-electron chi connectivity index (χ0n) is 21.2. The Balaban J connectivity index is 1.60. The molecule has 4 aromatic rings. The van der Waals surface area contributed by atoms with E-state index in [1.165, 1.54) is 11.3 Å². The number of allylic oxidation sites excluding steroid dienone is 1. The van der Waals surface area contributed by atoms with Crippen LogP contribution in [0, 0.1) is 0 Å². The normalized spacial score (nSPS) is 15.2. The van der Waals surface area contributed by atoms with Gasteiger partial charge in [0.05, 0.1) is 21.8 Å². The van der Waals surface area contributed by atoms with Crippen LogP contribution in [0.5, 0.6) is 0 Å². The quantitative estimate of drug-likeness (QED) is 0.224. The number of ether oxygens (including phenoxy) is 1. The van der Waals surface area contributed by atoms with Gasteiger partial charge in [-0.25, -0.2) is 9.79 Å². The third-order valence-electron chi connectivity index (χ3n) is 6.30. The van der Waals surface area contributed by atoms with Crippen molar-refractivity contribution in [1.82, 2.24) is 4.57 Å². The van der Waals surface area contributed by atoms with Gasteiger partial charge < -0.3 is 4.74 Å². The summed E-state index contributed by atoms with van der Waals surface area (Å²) in [6.07, 6.45) is 5.93. The van der Waals surface area contributed by atoms with Crippen LogP contribution in [0.25, 0.3) is 6.08 Å². The summed E-state index contributed by atoms with van der Waals surface area (Å²) in [5.74, 6) is -0.476. The summed E-state index contributed by atoms with van der Waals surface area (Å²) in [6, 6.07) is 24.9. The fraction of sp³-hybridized carbons (Fsp3) is 0.167. The van der Waals surface area contributed by atoms with Gasteiger partial charge in [-0.3, -0.25) is 9.36 Å². The molecule has 1 aliphatic rings. The first-order valence-corrected chi connectivity index (χ1v) is 15.3. The Morgan fingerprint density at radius 3 is 2.24 bits per heavy atom. The molecule has 1 atom stereocenters. The largest absolute Gasteiger partial charge is 0.457 e. The summed E-state index contributed by atoms with van der Waals surface area (Å²) in [4.78, 5) is 34.8. The lowest BCUT2D eigenvalue weighted by molar-refractivity contribution is -0.140. The van der Waals surface area contributed by atoms with Crippen LogP contribution in [0.15, 0.2) is 110 Å². The topological polar surface area (TPSA) is 60.7 Å². The molecular formula is C30H26N2O3S3. The number of aromatic nitrogens is 1. The van der Waals surface area contributed by atoms with E-state index in [0.29, 0.717) is 20.6 Å². The molecule has 5 nitrogen and oxygen atoms in total. The lowest BCUT2D eigenvalue weighted by Crippen LogP contribution is -2.39. The van der Waals surface area contributed by atoms with E-state index in [-0.39, 0.29) is 12.2 Å². The molecule has 0 aliphatic carbocycles. The standard InChI is InChI=1S/C30H26N2O3S3/c1-19-26(29(34)35-18-21-7-5-4-6-8-21)27(22-11-15-24(37-3)16-12-22)32-28(33)25(38-30(32)31-19)17-20-9-13-23(36-2)14-10-20/h4-17,27H,18H2,1-3H3/b25-17-/t27-/m0/s1. The van der Waals surface area contributed by atoms with Gasteiger partial charge in [0.1, 0.15) is 6.61 Å². The molecule has 0 radical (unpaired) electrons. The number of thioether (sulfide) groups is 2. The van der Waals surface area contributed by atoms with E-state index < -0.39 is 12.0 Å². The van der Waals surface area contributed by atoms with Crippen LogP contribution in [0.1, 0.15) is 29.7 Å². The third-order valence-corrected chi connectivity index (χ3v) is 8.77. The first kappa shape index (κ1) is 26.3. The van der Waals surface area contributed by atoms with Crippen molar-refractivity contribution in [2.24, 2.45) is 4.99 Å². The molecule has 0 spiro atoms. The molecule has 8 heteroatoms. The minimum Gasteiger partial charge on any atom is -0.457 e. The minimum absolute atomic E-state index is 0.144. The number of rotatable bonds is 7. The van der Waals surface area contributed by atoms with E-state index in [0.717, 1.165) is 26.5 Å². The highest BCUT2D eigenvalue weighted by Crippen LogP contribution is 2.32. The van der Waals surface area contributed by atoms with Crippen LogP contribution in [-0.2, 0) is 16.1 Å². The molecule has 0 N–H and O–H groups in total. The monoisotopic (exact) mass is 558 g/mol. The fourth-order valence-corrected chi connectivity index (χ4v) is 6.20. The SMILES string of the molecule is CSc1ccc(/C=c2\sc3n(c2=O)[C@@H](c2ccc(SC)cc2)C(C(=O)OCc2ccccc2)=C(C)N=3)cc1. The highest BCUT2D eigenvalue weighted by Gasteiger charge is 2.33. The molecule has 192 valence electrons. The number of hydrogen-bond donors (Lipinski definition) is 0. The van der Waals surface area contributed by atoms with Crippen LogP contribution < -0.4 is 14.9 Å². The van der Waals surface area contributed by atoms with E-state index >= 15 is 0 Å². The second-order valence-corrected chi connectivity index (χ2v) is 11.5. The summed E-state index contributed by atoms with van der Waals surface area (Å²) >= 11 is 4.64. The first-order chi connectivity index (χ1) is 18.5. The van der Waals surface area contributed by atoms with Gasteiger partial charge in [0.25, 0.3) is 5.56 Å². The second-order valence-electron chi connectivity index (χ2n) is 8.69. The minimum atomic E-state index is -0.633. The Morgan fingerprint density at radius 1 is 0.974 bits per heavy atom. The van der Waals surface area contributed by atoms with Crippen molar-refractivity contribution in [2.75, 3.05) is 12.5 Å². The Labute approximate surface area is 233 Å². The molecule has 0 saturated carbocycles. The lowest BCUT2D eigenvalue weighted by Gasteiger charge is -2.25. The van der Waals surface area contributed by atoms with Crippen molar-refractivity contribution >= 4 is 46.9 Å². The van der Waals surface area contributed by atoms with Crippen LogP contribution in [0.3, 0.4) is 0 Å². The molecule has 0 unspecified atom stereocenters. The van der Waals surface area contributed by atoms with E-state index in [2.05, 4.69) is 0 Å². The fourth-order valence-electron chi connectivity index (χ4n) is 4.34. The average molecular weight is 559 g/mol. The van der Waals surface area contributed by atoms with Gasteiger partial charge in [0.2, 0.25) is 0 Å². The first-order valence-electron chi connectivity index (χ1n) is 12.0. The maximum atomic E-state index is 13.8. The molecule has 1 aromatic heterocycles. The van der Waals surface area contributed by atoms with Crippen molar-refractivity contribution in [3.63, 3.8) is 0 Å². The molecule has 0 amide bonds. The average Bonchev–Trinajstić information content (AvgIpc) is 3.26. The number of fused-ring (bicyclic) bond motifs is 1. The van der Waals surface area contributed by atoms with Gasteiger partial charge in [-0.15, -0.1) is 23.5 Å². The van der Waals surface area contributed by atoms with E-state index in [4.69, 9.17) is 9.73 Å². The molecule has 0 fully saturated rings. The number of benzene rings is 3. The summed E-state index contributed by atoms with van der Waals surface area (Å²) in [5, 5.41) is 0. The smallest absolute Gasteiger partial charge is 0.338 e. The van der Waals surface area contributed by atoms with Crippen molar-refractivity contribution in [1.29, 1.82) is 0 Å². The zero-order valence-corrected chi connectivity index (χ0v) is 23.7. The maximum Gasteiger partial charge on any atom is 0.338 e. The molecular weight excluding hydrogens is 533 g/mol. The maximum absolute atomic E-state index is 13.8. The molecule has 3 aromatic carbocycles. The number of hydrogen-bond acceptors (Lipinski definition) is 7. The molecule has 1 aliphatic heterocycles. The van der Waals surface area contributed by atoms with Gasteiger partial charge in [-0.1, -0.05) is 65.9 Å². The van der Waals surface area contributed by atoms with E-state index in [9.17, 15) is 9.59 Å². The van der Waals surface area contributed by atoms with Gasteiger partial charge in [0, 0.05) is 9.79 Å². The van der Waals surface area contributed by atoms with Gasteiger partial charge in [-0.2, -0.15) is 0 Å².